The highest BCUT2D eigenvalue weighted by Crippen LogP contribution is 2.46. The smallest absolute Gasteiger partial charge is 0.109 e. The molecule has 92 valence electrons. The van der Waals surface area contributed by atoms with Gasteiger partial charge in [-0.15, -0.1) is 0 Å². The summed E-state index contributed by atoms with van der Waals surface area (Å²) in [6.07, 6.45) is 8.69. The van der Waals surface area contributed by atoms with Crippen LogP contribution in [-0.2, 0) is 4.74 Å². The van der Waals surface area contributed by atoms with Gasteiger partial charge in [-0.05, 0) is 50.1 Å². The highest BCUT2D eigenvalue weighted by molar-refractivity contribution is 5.10. The lowest BCUT2D eigenvalue weighted by molar-refractivity contribution is 0.123. The highest BCUT2D eigenvalue weighted by Gasteiger charge is 2.41. The average Bonchev–Trinajstić information content (AvgIpc) is 2.62. The first kappa shape index (κ1) is 12.0. The second-order valence-corrected chi connectivity index (χ2v) is 5.85. The van der Waals surface area contributed by atoms with Gasteiger partial charge in [0.05, 0.1) is 12.6 Å². The molecule has 1 saturated carbocycles. The quantitative estimate of drug-likeness (QED) is 0.794. The first-order valence-corrected chi connectivity index (χ1v) is 6.65. The molecule has 1 heterocycles. The summed E-state index contributed by atoms with van der Waals surface area (Å²) in [5.41, 5.74) is 0.454. The predicted molar refractivity (Wildman–Crippen MR) is 67.2 cm³/mol. The first-order chi connectivity index (χ1) is 7.65. The van der Waals surface area contributed by atoms with E-state index in [9.17, 15) is 0 Å². The van der Waals surface area contributed by atoms with Crippen LogP contribution in [0.2, 0.25) is 0 Å². The van der Waals surface area contributed by atoms with E-state index < -0.39 is 0 Å². The number of allylic oxidation sites excluding steroid dienone is 1. The van der Waals surface area contributed by atoms with Crippen LogP contribution in [0.5, 0.6) is 0 Å². The standard InChI is InChI=1S/C14H25NO/c1-14(2)9-6-7-11(14)13(15-3)12-8-4-5-10-16-12/h8,11,13,15H,4-7,9-10H2,1-3H3. The number of rotatable bonds is 3. The van der Waals surface area contributed by atoms with Gasteiger partial charge in [-0.2, -0.15) is 0 Å². The maximum absolute atomic E-state index is 5.84. The number of ether oxygens (including phenoxy) is 1. The van der Waals surface area contributed by atoms with Gasteiger partial charge in [-0.25, -0.2) is 0 Å². The zero-order chi connectivity index (χ0) is 11.6. The van der Waals surface area contributed by atoms with Crippen LogP contribution in [0.4, 0.5) is 0 Å². The Balaban J connectivity index is 2.12. The fraction of sp³-hybridized carbons (Fsp3) is 0.857. The second-order valence-electron chi connectivity index (χ2n) is 5.85. The molecular weight excluding hydrogens is 198 g/mol. The Morgan fingerprint density at radius 1 is 1.44 bits per heavy atom. The monoisotopic (exact) mass is 223 g/mol. The summed E-state index contributed by atoms with van der Waals surface area (Å²) in [5.74, 6) is 1.93. The van der Waals surface area contributed by atoms with Crippen LogP contribution < -0.4 is 5.32 Å². The minimum atomic E-state index is 0.429. The van der Waals surface area contributed by atoms with Crippen molar-refractivity contribution < 1.29 is 4.74 Å². The molecule has 2 unspecified atom stereocenters. The summed E-state index contributed by atoms with van der Waals surface area (Å²) in [6, 6.07) is 0.429. The molecule has 0 bridgehead atoms. The molecule has 0 radical (unpaired) electrons. The van der Waals surface area contributed by atoms with E-state index in [0.717, 1.165) is 12.5 Å². The summed E-state index contributed by atoms with van der Waals surface area (Å²) < 4.78 is 5.84. The van der Waals surface area contributed by atoms with E-state index in [1.807, 2.05) is 0 Å². The van der Waals surface area contributed by atoms with Crippen LogP contribution in [0, 0.1) is 11.3 Å². The Hall–Kier alpha value is -0.500. The Morgan fingerprint density at radius 3 is 2.75 bits per heavy atom. The Kier molecular flexibility index (Phi) is 3.58. The predicted octanol–water partition coefficient (Wildman–Crippen LogP) is 3.10. The van der Waals surface area contributed by atoms with Crippen LogP contribution in [0.15, 0.2) is 11.8 Å². The summed E-state index contributed by atoms with van der Waals surface area (Å²) in [4.78, 5) is 0. The van der Waals surface area contributed by atoms with E-state index in [-0.39, 0.29) is 0 Å². The first-order valence-electron chi connectivity index (χ1n) is 6.65. The lowest BCUT2D eigenvalue weighted by atomic mass is 9.76. The number of likely N-dealkylation sites (N-methyl/N-ethyl adjacent to an activating group) is 1. The summed E-state index contributed by atoms with van der Waals surface area (Å²) in [5, 5.41) is 3.48. The SMILES string of the molecule is CNC(C1=CCCCO1)C1CCCC1(C)C. The molecule has 16 heavy (non-hydrogen) atoms. The molecule has 0 aromatic carbocycles. The van der Waals surface area contributed by atoms with Gasteiger partial charge in [-0.1, -0.05) is 20.3 Å². The molecule has 0 amide bonds. The lowest BCUT2D eigenvalue weighted by Gasteiger charge is -2.36. The van der Waals surface area contributed by atoms with Crippen LogP contribution in [0.1, 0.15) is 46.0 Å². The normalized spacial score (nSPS) is 30.7. The molecule has 2 aliphatic rings. The minimum Gasteiger partial charge on any atom is -0.497 e. The van der Waals surface area contributed by atoms with E-state index in [0.29, 0.717) is 11.5 Å². The van der Waals surface area contributed by atoms with Gasteiger partial charge in [0.15, 0.2) is 0 Å². The number of nitrogens with one attached hydrogen (secondary N) is 1. The molecule has 1 aliphatic heterocycles. The minimum absolute atomic E-state index is 0.429. The van der Waals surface area contributed by atoms with Crippen molar-refractivity contribution in [3.05, 3.63) is 11.8 Å². The molecule has 0 spiro atoms. The maximum Gasteiger partial charge on any atom is 0.109 e. The van der Waals surface area contributed by atoms with Gasteiger partial charge in [-0.3, -0.25) is 0 Å². The molecule has 1 aliphatic carbocycles. The van der Waals surface area contributed by atoms with E-state index in [1.54, 1.807) is 0 Å². The van der Waals surface area contributed by atoms with Crippen molar-refractivity contribution in [2.75, 3.05) is 13.7 Å². The molecule has 0 aromatic rings. The van der Waals surface area contributed by atoms with Crippen LogP contribution in [-0.4, -0.2) is 19.7 Å². The van der Waals surface area contributed by atoms with Crippen molar-refractivity contribution >= 4 is 0 Å². The number of hydrogen-bond acceptors (Lipinski definition) is 2. The molecule has 0 aromatic heterocycles. The molecule has 1 N–H and O–H groups in total. The van der Waals surface area contributed by atoms with Gasteiger partial charge >= 0.3 is 0 Å². The van der Waals surface area contributed by atoms with E-state index >= 15 is 0 Å². The molecule has 2 nitrogen and oxygen atoms in total. The summed E-state index contributed by atoms with van der Waals surface area (Å²) in [6.45, 7) is 5.70. The Labute approximate surface area is 99.4 Å². The van der Waals surface area contributed by atoms with Gasteiger partial charge < -0.3 is 10.1 Å². The van der Waals surface area contributed by atoms with Crippen molar-refractivity contribution in [2.45, 2.75) is 52.0 Å². The zero-order valence-corrected chi connectivity index (χ0v) is 10.9. The van der Waals surface area contributed by atoms with Crippen molar-refractivity contribution in [3.8, 4) is 0 Å². The van der Waals surface area contributed by atoms with Gasteiger partial charge in [0.1, 0.15) is 5.76 Å². The lowest BCUT2D eigenvalue weighted by Crippen LogP contribution is -2.41. The fourth-order valence-electron chi connectivity index (χ4n) is 3.31. The highest BCUT2D eigenvalue weighted by atomic mass is 16.5. The van der Waals surface area contributed by atoms with Crippen molar-refractivity contribution in [1.29, 1.82) is 0 Å². The molecule has 2 rings (SSSR count). The van der Waals surface area contributed by atoms with E-state index in [2.05, 4.69) is 32.3 Å². The molecule has 2 atom stereocenters. The largest absolute Gasteiger partial charge is 0.497 e. The third kappa shape index (κ3) is 2.27. The summed E-state index contributed by atoms with van der Waals surface area (Å²) in [7, 11) is 2.07. The Bertz CT molecular complexity index is 270. The van der Waals surface area contributed by atoms with Gasteiger partial charge in [0, 0.05) is 0 Å². The fourth-order valence-corrected chi connectivity index (χ4v) is 3.31. The topological polar surface area (TPSA) is 21.3 Å². The van der Waals surface area contributed by atoms with Crippen molar-refractivity contribution in [2.24, 2.45) is 11.3 Å². The van der Waals surface area contributed by atoms with Gasteiger partial charge in [0.25, 0.3) is 0 Å². The molecular formula is C14H25NO. The second kappa shape index (κ2) is 4.79. The zero-order valence-electron chi connectivity index (χ0n) is 10.9. The van der Waals surface area contributed by atoms with E-state index in [1.165, 1.54) is 37.9 Å². The third-order valence-electron chi connectivity index (χ3n) is 4.32. The average molecular weight is 223 g/mol. The number of hydrogen-bond donors (Lipinski definition) is 1. The molecule has 2 heteroatoms. The Morgan fingerprint density at radius 2 is 2.25 bits per heavy atom. The maximum atomic E-state index is 5.84. The third-order valence-corrected chi connectivity index (χ3v) is 4.32. The van der Waals surface area contributed by atoms with Crippen molar-refractivity contribution in [1.82, 2.24) is 5.32 Å². The van der Waals surface area contributed by atoms with Crippen LogP contribution >= 0.6 is 0 Å². The van der Waals surface area contributed by atoms with Crippen molar-refractivity contribution in [3.63, 3.8) is 0 Å². The van der Waals surface area contributed by atoms with E-state index in [4.69, 9.17) is 4.74 Å². The molecule has 1 fully saturated rings. The van der Waals surface area contributed by atoms with Crippen LogP contribution in [0.3, 0.4) is 0 Å². The van der Waals surface area contributed by atoms with Crippen LogP contribution in [0.25, 0.3) is 0 Å². The van der Waals surface area contributed by atoms with Gasteiger partial charge in [0.2, 0.25) is 0 Å². The molecule has 0 saturated heterocycles. The summed E-state index contributed by atoms with van der Waals surface area (Å²) >= 11 is 0.